The molecule has 132 valence electrons. The van der Waals surface area contributed by atoms with Crippen molar-refractivity contribution in [3.63, 3.8) is 0 Å². The molecule has 3 atom stereocenters. The molecule has 1 unspecified atom stereocenters. The van der Waals surface area contributed by atoms with E-state index in [1.165, 1.54) is 44.9 Å². The largest absolute Gasteiger partial charge is 0.380 e. The van der Waals surface area contributed by atoms with Crippen LogP contribution in [0.1, 0.15) is 51.4 Å². The highest BCUT2D eigenvalue weighted by Crippen LogP contribution is 2.28. The third-order valence-corrected chi connectivity index (χ3v) is 5.93. The number of nitrogens with zero attached hydrogens (tertiary/aromatic N) is 2. The molecular formula is C18H33N3O2. The van der Waals surface area contributed by atoms with Gasteiger partial charge in [-0.25, -0.2) is 0 Å². The number of likely N-dealkylation sites (tertiary alicyclic amines) is 2. The number of nitrogens with one attached hydrogen (secondary N) is 1. The van der Waals surface area contributed by atoms with Crippen LogP contribution in [0.25, 0.3) is 0 Å². The number of ether oxygens (including phenoxy) is 1. The first-order chi connectivity index (χ1) is 11.3. The lowest BCUT2D eigenvalue weighted by Gasteiger charge is -2.30. The normalized spacial score (nSPS) is 33.1. The fourth-order valence-electron chi connectivity index (χ4n) is 4.51. The average Bonchev–Trinajstić information content (AvgIpc) is 3.14. The Hall–Kier alpha value is -0.650. The Bertz CT molecular complexity index is 382. The van der Waals surface area contributed by atoms with E-state index in [4.69, 9.17) is 4.74 Å². The molecule has 0 spiro atoms. The van der Waals surface area contributed by atoms with E-state index >= 15 is 0 Å². The monoisotopic (exact) mass is 323 g/mol. The van der Waals surface area contributed by atoms with Gasteiger partial charge in [0.1, 0.15) is 0 Å². The van der Waals surface area contributed by atoms with E-state index in [1.807, 2.05) is 7.11 Å². The molecule has 5 nitrogen and oxygen atoms in total. The summed E-state index contributed by atoms with van der Waals surface area (Å²) in [5, 5.41) is 3.59. The van der Waals surface area contributed by atoms with E-state index in [0.29, 0.717) is 30.6 Å². The standard InChI is InChI=1S/C18H33N3O2/c1-23-15-9-12-21(14-15)17-8-6-7-16(17)19-13-18(22)20-10-4-2-3-5-11-20/h15-17,19H,2-14H2,1H3/t15?,16-,17+/m1/s1. The van der Waals surface area contributed by atoms with Gasteiger partial charge in [0.2, 0.25) is 5.91 Å². The Labute approximate surface area is 140 Å². The van der Waals surface area contributed by atoms with Crippen molar-refractivity contribution >= 4 is 5.91 Å². The number of amides is 1. The smallest absolute Gasteiger partial charge is 0.236 e. The Morgan fingerprint density at radius 3 is 2.52 bits per heavy atom. The van der Waals surface area contributed by atoms with Crippen LogP contribution in [0.4, 0.5) is 0 Å². The number of hydrogen-bond donors (Lipinski definition) is 1. The predicted molar refractivity (Wildman–Crippen MR) is 91.5 cm³/mol. The highest BCUT2D eigenvalue weighted by molar-refractivity contribution is 5.78. The van der Waals surface area contributed by atoms with Crippen molar-refractivity contribution in [1.82, 2.24) is 15.1 Å². The van der Waals surface area contributed by atoms with E-state index < -0.39 is 0 Å². The Morgan fingerprint density at radius 2 is 1.83 bits per heavy atom. The topological polar surface area (TPSA) is 44.8 Å². The number of carbonyl (C=O) groups is 1. The molecule has 3 rings (SSSR count). The lowest BCUT2D eigenvalue weighted by molar-refractivity contribution is -0.130. The first-order valence-corrected chi connectivity index (χ1v) is 9.56. The van der Waals surface area contributed by atoms with E-state index in [-0.39, 0.29) is 0 Å². The molecule has 2 saturated heterocycles. The summed E-state index contributed by atoms with van der Waals surface area (Å²) in [6.07, 6.45) is 10.2. The van der Waals surface area contributed by atoms with E-state index in [9.17, 15) is 4.79 Å². The summed E-state index contributed by atoms with van der Waals surface area (Å²) in [6.45, 7) is 4.62. The van der Waals surface area contributed by atoms with Gasteiger partial charge in [-0.3, -0.25) is 9.69 Å². The maximum absolute atomic E-state index is 12.5. The van der Waals surface area contributed by atoms with Gasteiger partial charge in [0.05, 0.1) is 12.6 Å². The van der Waals surface area contributed by atoms with Crippen LogP contribution in [0, 0.1) is 0 Å². The van der Waals surface area contributed by atoms with Crippen LogP contribution in [0.15, 0.2) is 0 Å². The molecule has 0 bridgehead atoms. The van der Waals surface area contributed by atoms with Gasteiger partial charge >= 0.3 is 0 Å². The van der Waals surface area contributed by atoms with Crippen molar-refractivity contribution < 1.29 is 9.53 Å². The van der Waals surface area contributed by atoms with Gasteiger partial charge in [-0.15, -0.1) is 0 Å². The van der Waals surface area contributed by atoms with Gasteiger partial charge in [0.25, 0.3) is 0 Å². The Morgan fingerprint density at radius 1 is 1.04 bits per heavy atom. The summed E-state index contributed by atoms with van der Waals surface area (Å²) in [5.74, 6) is 0.300. The second kappa shape index (κ2) is 8.45. The molecule has 1 amide bonds. The van der Waals surface area contributed by atoms with Crippen LogP contribution < -0.4 is 5.32 Å². The molecule has 3 fully saturated rings. The second-order valence-electron chi connectivity index (χ2n) is 7.42. The molecule has 0 aromatic carbocycles. The van der Waals surface area contributed by atoms with Crippen molar-refractivity contribution in [2.24, 2.45) is 0 Å². The minimum absolute atomic E-state index is 0.300. The zero-order chi connectivity index (χ0) is 16.1. The Balaban J connectivity index is 1.46. The van der Waals surface area contributed by atoms with Gasteiger partial charge in [-0.05, 0) is 32.1 Å². The molecule has 23 heavy (non-hydrogen) atoms. The molecule has 0 aromatic rings. The van der Waals surface area contributed by atoms with Crippen LogP contribution in [0.2, 0.25) is 0 Å². The maximum atomic E-state index is 12.5. The van der Waals surface area contributed by atoms with E-state index in [2.05, 4.69) is 15.1 Å². The van der Waals surface area contributed by atoms with Crippen LogP contribution in [0.5, 0.6) is 0 Å². The first-order valence-electron chi connectivity index (χ1n) is 9.56. The third kappa shape index (κ3) is 4.46. The number of carbonyl (C=O) groups excluding carboxylic acids is 1. The van der Waals surface area contributed by atoms with E-state index in [1.54, 1.807) is 0 Å². The van der Waals surface area contributed by atoms with Crippen LogP contribution in [-0.4, -0.2) is 73.7 Å². The molecular weight excluding hydrogens is 290 g/mol. The van der Waals surface area contributed by atoms with Crippen LogP contribution >= 0.6 is 0 Å². The molecule has 5 heteroatoms. The van der Waals surface area contributed by atoms with Crippen molar-refractivity contribution in [1.29, 1.82) is 0 Å². The zero-order valence-electron chi connectivity index (χ0n) is 14.6. The van der Waals surface area contributed by atoms with Crippen molar-refractivity contribution in [2.45, 2.75) is 69.6 Å². The number of hydrogen-bond acceptors (Lipinski definition) is 4. The summed E-state index contributed by atoms with van der Waals surface area (Å²) in [4.78, 5) is 17.1. The minimum Gasteiger partial charge on any atom is -0.380 e. The highest BCUT2D eigenvalue weighted by atomic mass is 16.5. The molecule has 0 radical (unpaired) electrons. The van der Waals surface area contributed by atoms with Crippen molar-refractivity contribution in [3.8, 4) is 0 Å². The third-order valence-electron chi connectivity index (χ3n) is 5.93. The van der Waals surface area contributed by atoms with Gasteiger partial charge in [0, 0.05) is 45.4 Å². The van der Waals surface area contributed by atoms with Crippen LogP contribution in [0.3, 0.4) is 0 Å². The maximum Gasteiger partial charge on any atom is 0.236 e. The number of methoxy groups -OCH3 is 1. The van der Waals surface area contributed by atoms with E-state index in [0.717, 1.165) is 32.6 Å². The summed E-state index contributed by atoms with van der Waals surface area (Å²) in [6, 6.07) is 1.06. The van der Waals surface area contributed by atoms with Crippen LogP contribution in [-0.2, 0) is 9.53 Å². The summed E-state index contributed by atoms with van der Waals surface area (Å²) in [7, 11) is 1.82. The highest BCUT2D eigenvalue weighted by Gasteiger charge is 2.36. The van der Waals surface area contributed by atoms with Gasteiger partial charge in [-0.1, -0.05) is 19.3 Å². The fourth-order valence-corrected chi connectivity index (χ4v) is 4.51. The average molecular weight is 323 g/mol. The fraction of sp³-hybridized carbons (Fsp3) is 0.944. The molecule has 3 aliphatic rings. The first kappa shape index (κ1) is 17.2. The lowest BCUT2D eigenvalue weighted by atomic mass is 10.1. The van der Waals surface area contributed by atoms with Crippen molar-refractivity contribution in [2.75, 3.05) is 39.8 Å². The quantitative estimate of drug-likeness (QED) is 0.835. The lowest BCUT2D eigenvalue weighted by Crippen LogP contribution is -2.49. The van der Waals surface area contributed by atoms with Gasteiger partial charge in [0.15, 0.2) is 0 Å². The Kier molecular flexibility index (Phi) is 6.31. The molecule has 2 aliphatic heterocycles. The summed E-state index contributed by atoms with van der Waals surface area (Å²) >= 11 is 0. The summed E-state index contributed by atoms with van der Waals surface area (Å²) in [5.41, 5.74) is 0. The molecule has 0 aromatic heterocycles. The summed E-state index contributed by atoms with van der Waals surface area (Å²) < 4.78 is 5.50. The van der Waals surface area contributed by atoms with Gasteiger partial charge in [-0.2, -0.15) is 0 Å². The number of rotatable bonds is 5. The zero-order valence-corrected chi connectivity index (χ0v) is 14.6. The SMILES string of the molecule is COC1CCN([C@H]2CCC[C@H]2NCC(=O)N2CCCCCC2)C1. The van der Waals surface area contributed by atoms with Crippen molar-refractivity contribution in [3.05, 3.63) is 0 Å². The molecule has 2 heterocycles. The molecule has 1 aliphatic carbocycles. The molecule has 1 N–H and O–H groups in total. The second-order valence-corrected chi connectivity index (χ2v) is 7.42. The molecule has 1 saturated carbocycles. The predicted octanol–water partition coefficient (Wildman–Crippen LogP) is 1.62. The minimum atomic E-state index is 0.300. The van der Waals surface area contributed by atoms with Gasteiger partial charge < -0.3 is 15.0 Å².